The third-order valence-corrected chi connectivity index (χ3v) is 2.56. The number of rotatable bonds is 6. The number of allylic oxidation sites excluding steroid dienone is 2. The molecular formula is C13H18N2O5. The fourth-order valence-corrected chi connectivity index (χ4v) is 1.44. The summed E-state index contributed by atoms with van der Waals surface area (Å²) in [7, 11) is 0. The Bertz CT molecular complexity index is 407. The van der Waals surface area contributed by atoms with Gasteiger partial charge in [-0.3, -0.25) is 0 Å². The minimum atomic E-state index is -1.14. The summed E-state index contributed by atoms with van der Waals surface area (Å²) in [5.41, 5.74) is -0.167. The molecule has 0 amide bonds. The van der Waals surface area contributed by atoms with Gasteiger partial charge in [0.2, 0.25) is 0 Å². The van der Waals surface area contributed by atoms with E-state index < -0.39 is 18.7 Å². The Labute approximate surface area is 117 Å². The second kappa shape index (κ2) is 9.09. The minimum absolute atomic E-state index is 0.167. The number of ether oxygens (including phenoxy) is 2. The largest absolute Gasteiger partial charge is 0.459 e. The van der Waals surface area contributed by atoms with E-state index in [1.807, 2.05) is 4.90 Å². The Kier molecular flexibility index (Phi) is 7.35. The standard InChI is InChI=1S/C13H18N2O5/c14-8-11(13(18)20-10-12(17)9-16)2-1-3-15-4-6-19-7-5-15/h1-3,12,16-17H,4-7,9-10H2. The molecule has 1 rings (SSSR count). The number of morpholine rings is 1. The van der Waals surface area contributed by atoms with Gasteiger partial charge in [0.05, 0.1) is 19.8 Å². The number of hydrogen-bond acceptors (Lipinski definition) is 7. The Hall–Kier alpha value is -1.88. The third kappa shape index (κ3) is 5.84. The number of nitriles is 1. The molecule has 0 aromatic rings. The van der Waals surface area contributed by atoms with Crippen molar-refractivity contribution in [1.29, 1.82) is 5.26 Å². The highest BCUT2D eigenvalue weighted by Gasteiger charge is 2.12. The van der Waals surface area contributed by atoms with Crippen LogP contribution in [0, 0.1) is 11.3 Å². The second-order valence-electron chi connectivity index (χ2n) is 4.12. The van der Waals surface area contributed by atoms with Crippen LogP contribution in [0.3, 0.4) is 0 Å². The van der Waals surface area contributed by atoms with Crippen molar-refractivity contribution in [3.05, 3.63) is 23.9 Å². The molecule has 110 valence electrons. The number of carbonyl (C=O) groups is 1. The number of carbonyl (C=O) groups excluding carboxylic acids is 1. The number of hydrogen-bond donors (Lipinski definition) is 2. The fourth-order valence-electron chi connectivity index (χ4n) is 1.44. The Morgan fingerprint density at radius 1 is 1.50 bits per heavy atom. The highest BCUT2D eigenvalue weighted by atomic mass is 16.5. The Balaban J connectivity index is 2.47. The predicted molar refractivity (Wildman–Crippen MR) is 69.3 cm³/mol. The van der Waals surface area contributed by atoms with Crippen molar-refractivity contribution in [2.75, 3.05) is 39.5 Å². The van der Waals surface area contributed by atoms with Gasteiger partial charge in [0.15, 0.2) is 0 Å². The summed E-state index contributed by atoms with van der Waals surface area (Å²) in [6.07, 6.45) is 3.58. The van der Waals surface area contributed by atoms with E-state index in [0.29, 0.717) is 13.2 Å². The van der Waals surface area contributed by atoms with E-state index in [2.05, 4.69) is 4.74 Å². The van der Waals surface area contributed by atoms with Crippen LogP contribution in [0.25, 0.3) is 0 Å². The lowest BCUT2D eigenvalue weighted by Crippen LogP contribution is -2.31. The molecule has 1 atom stereocenters. The smallest absolute Gasteiger partial charge is 0.348 e. The van der Waals surface area contributed by atoms with Crippen molar-refractivity contribution in [2.24, 2.45) is 0 Å². The minimum Gasteiger partial charge on any atom is -0.459 e. The summed E-state index contributed by atoms with van der Waals surface area (Å²) in [5, 5.41) is 26.5. The lowest BCUT2D eigenvalue weighted by atomic mass is 10.2. The molecule has 7 heteroatoms. The summed E-state index contributed by atoms with van der Waals surface area (Å²) in [5.74, 6) is -0.827. The van der Waals surface area contributed by atoms with E-state index in [9.17, 15) is 4.79 Å². The van der Waals surface area contributed by atoms with Gasteiger partial charge in [-0.2, -0.15) is 5.26 Å². The SMILES string of the molecule is N#CC(=CC=CN1CCOCC1)C(=O)OCC(O)CO. The molecule has 1 heterocycles. The average molecular weight is 282 g/mol. The van der Waals surface area contributed by atoms with E-state index in [0.717, 1.165) is 13.1 Å². The van der Waals surface area contributed by atoms with Gasteiger partial charge in [0.25, 0.3) is 0 Å². The van der Waals surface area contributed by atoms with Crippen LogP contribution in [-0.2, 0) is 14.3 Å². The number of aliphatic hydroxyl groups is 2. The van der Waals surface area contributed by atoms with Gasteiger partial charge in [-0.05, 0) is 18.4 Å². The molecular weight excluding hydrogens is 264 g/mol. The van der Waals surface area contributed by atoms with Crippen LogP contribution in [0.1, 0.15) is 0 Å². The van der Waals surface area contributed by atoms with Crippen LogP contribution in [-0.4, -0.2) is 66.7 Å². The predicted octanol–water partition coefficient (Wildman–Crippen LogP) is -0.821. The van der Waals surface area contributed by atoms with Gasteiger partial charge in [0, 0.05) is 13.1 Å². The first-order valence-corrected chi connectivity index (χ1v) is 6.23. The molecule has 0 saturated carbocycles. The van der Waals surface area contributed by atoms with Gasteiger partial charge in [0.1, 0.15) is 24.4 Å². The van der Waals surface area contributed by atoms with E-state index in [1.54, 1.807) is 18.3 Å². The summed E-state index contributed by atoms with van der Waals surface area (Å²) in [4.78, 5) is 13.5. The zero-order valence-electron chi connectivity index (χ0n) is 11.1. The maximum Gasteiger partial charge on any atom is 0.348 e. The van der Waals surface area contributed by atoms with Crippen LogP contribution >= 0.6 is 0 Å². The van der Waals surface area contributed by atoms with Gasteiger partial charge in [-0.15, -0.1) is 0 Å². The summed E-state index contributed by atoms with van der Waals surface area (Å²) >= 11 is 0. The third-order valence-electron chi connectivity index (χ3n) is 2.56. The van der Waals surface area contributed by atoms with Crippen LogP contribution in [0.2, 0.25) is 0 Å². The molecule has 0 aromatic carbocycles. The van der Waals surface area contributed by atoms with Crippen molar-refractivity contribution in [3.8, 4) is 6.07 Å². The molecule has 0 aromatic heterocycles. The highest BCUT2D eigenvalue weighted by Crippen LogP contribution is 2.01. The molecule has 0 aliphatic carbocycles. The number of aliphatic hydroxyl groups excluding tert-OH is 2. The van der Waals surface area contributed by atoms with E-state index in [4.69, 9.17) is 20.2 Å². The molecule has 1 saturated heterocycles. The molecule has 20 heavy (non-hydrogen) atoms. The van der Waals surface area contributed by atoms with Gasteiger partial charge in [-0.25, -0.2) is 4.79 Å². The molecule has 2 N–H and O–H groups in total. The van der Waals surface area contributed by atoms with Crippen molar-refractivity contribution in [2.45, 2.75) is 6.10 Å². The highest BCUT2D eigenvalue weighted by molar-refractivity contribution is 5.93. The first-order valence-electron chi connectivity index (χ1n) is 6.23. The van der Waals surface area contributed by atoms with Crippen molar-refractivity contribution < 1.29 is 24.5 Å². The number of nitrogens with zero attached hydrogens (tertiary/aromatic N) is 2. The maximum absolute atomic E-state index is 11.5. The van der Waals surface area contributed by atoms with Gasteiger partial charge in [-0.1, -0.05) is 0 Å². The van der Waals surface area contributed by atoms with Crippen molar-refractivity contribution in [3.63, 3.8) is 0 Å². The van der Waals surface area contributed by atoms with Gasteiger partial charge < -0.3 is 24.6 Å². The summed E-state index contributed by atoms with van der Waals surface area (Å²) in [6.45, 7) is 1.98. The second-order valence-corrected chi connectivity index (χ2v) is 4.12. The molecule has 0 bridgehead atoms. The molecule has 0 spiro atoms. The molecule has 1 unspecified atom stereocenters. The topological polar surface area (TPSA) is 103 Å². The quantitative estimate of drug-likeness (QED) is 0.284. The van der Waals surface area contributed by atoms with Crippen molar-refractivity contribution >= 4 is 5.97 Å². The fraction of sp³-hybridized carbons (Fsp3) is 0.538. The van der Waals surface area contributed by atoms with Crippen LogP contribution < -0.4 is 0 Å². The lowest BCUT2D eigenvalue weighted by Gasteiger charge is -2.24. The zero-order chi connectivity index (χ0) is 14.8. The average Bonchev–Trinajstić information content (AvgIpc) is 2.49. The molecule has 0 radical (unpaired) electrons. The number of esters is 1. The zero-order valence-corrected chi connectivity index (χ0v) is 11.1. The van der Waals surface area contributed by atoms with E-state index >= 15 is 0 Å². The normalized spacial score (nSPS) is 17.9. The molecule has 1 aliphatic heterocycles. The Morgan fingerprint density at radius 3 is 2.80 bits per heavy atom. The van der Waals surface area contributed by atoms with E-state index in [1.165, 1.54) is 6.08 Å². The van der Waals surface area contributed by atoms with E-state index in [-0.39, 0.29) is 12.2 Å². The maximum atomic E-state index is 11.5. The van der Waals surface area contributed by atoms with Crippen LogP contribution in [0.4, 0.5) is 0 Å². The van der Waals surface area contributed by atoms with Crippen molar-refractivity contribution in [1.82, 2.24) is 4.90 Å². The monoisotopic (exact) mass is 282 g/mol. The molecule has 1 aliphatic rings. The molecule has 7 nitrogen and oxygen atoms in total. The van der Waals surface area contributed by atoms with Gasteiger partial charge >= 0.3 is 5.97 Å². The summed E-state index contributed by atoms with van der Waals surface area (Å²) < 4.78 is 9.87. The summed E-state index contributed by atoms with van der Waals surface area (Å²) in [6, 6.07) is 1.73. The lowest BCUT2D eigenvalue weighted by molar-refractivity contribution is -0.142. The van der Waals surface area contributed by atoms with Crippen LogP contribution in [0.5, 0.6) is 0 Å². The molecule has 1 fully saturated rings. The first-order chi connectivity index (χ1) is 9.67. The van der Waals surface area contributed by atoms with Crippen LogP contribution in [0.15, 0.2) is 23.9 Å². The Morgan fingerprint density at radius 2 is 2.20 bits per heavy atom. The first kappa shape index (κ1) is 16.2.